The molecule has 0 aliphatic heterocycles. The van der Waals surface area contributed by atoms with E-state index in [4.69, 9.17) is 4.74 Å². The van der Waals surface area contributed by atoms with Crippen molar-refractivity contribution in [2.75, 3.05) is 0 Å². The fraction of sp³-hybridized carbons (Fsp3) is 0.706. The van der Waals surface area contributed by atoms with Gasteiger partial charge in [-0.05, 0) is 50.5 Å². The molecule has 1 aromatic heterocycles. The van der Waals surface area contributed by atoms with Gasteiger partial charge in [0, 0.05) is 24.8 Å². The van der Waals surface area contributed by atoms with Crippen molar-refractivity contribution in [3.8, 4) is 5.75 Å². The third-order valence-corrected chi connectivity index (χ3v) is 4.59. The Balaban J connectivity index is 1.59. The molecule has 110 valence electrons. The molecule has 1 N–H and O–H groups in total. The van der Waals surface area contributed by atoms with Crippen LogP contribution in [0, 0.1) is 5.92 Å². The van der Waals surface area contributed by atoms with Crippen LogP contribution < -0.4 is 10.1 Å². The summed E-state index contributed by atoms with van der Waals surface area (Å²) in [6.45, 7) is 3.15. The average molecular weight is 274 g/mol. The summed E-state index contributed by atoms with van der Waals surface area (Å²) >= 11 is 0. The number of nitrogens with one attached hydrogen (secondary N) is 1. The normalized spacial score (nSPS) is 26.4. The van der Waals surface area contributed by atoms with E-state index >= 15 is 0 Å². The van der Waals surface area contributed by atoms with Crippen LogP contribution >= 0.6 is 0 Å². The Morgan fingerprint density at radius 2 is 2.10 bits per heavy atom. The molecule has 0 aromatic carbocycles. The van der Waals surface area contributed by atoms with Crippen LogP contribution in [0.15, 0.2) is 18.3 Å². The van der Waals surface area contributed by atoms with E-state index in [2.05, 4.69) is 23.3 Å². The van der Waals surface area contributed by atoms with Gasteiger partial charge in [-0.1, -0.05) is 13.3 Å². The molecule has 2 saturated carbocycles. The fourth-order valence-electron chi connectivity index (χ4n) is 3.13. The van der Waals surface area contributed by atoms with Gasteiger partial charge in [-0.15, -0.1) is 0 Å². The summed E-state index contributed by atoms with van der Waals surface area (Å²) in [6, 6.07) is 4.84. The second kappa shape index (κ2) is 6.57. The first-order valence-electron chi connectivity index (χ1n) is 8.20. The molecule has 0 spiro atoms. The number of nitrogens with zero attached hydrogens (tertiary/aromatic N) is 1. The minimum atomic E-state index is 0.403. The lowest BCUT2D eigenvalue weighted by Gasteiger charge is -2.31. The summed E-state index contributed by atoms with van der Waals surface area (Å²) in [7, 11) is 0. The molecule has 2 fully saturated rings. The molecule has 2 unspecified atom stereocenters. The Labute approximate surface area is 122 Å². The Bertz CT molecular complexity index is 431. The standard InChI is InChI=1S/C17H26N2O/c1-2-13-5-3-4-6-17(13)20-16-9-10-18-15(11-16)12-19-14-7-8-14/h9-11,13-14,17,19H,2-8,12H2,1H3. The Morgan fingerprint density at radius 3 is 2.90 bits per heavy atom. The number of ether oxygens (including phenoxy) is 1. The van der Waals surface area contributed by atoms with Crippen molar-refractivity contribution >= 4 is 0 Å². The van der Waals surface area contributed by atoms with Crippen LogP contribution in [-0.4, -0.2) is 17.1 Å². The largest absolute Gasteiger partial charge is 0.490 e. The molecule has 20 heavy (non-hydrogen) atoms. The molecule has 2 aliphatic carbocycles. The number of rotatable bonds is 6. The van der Waals surface area contributed by atoms with Gasteiger partial charge in [0.05, 0.1) is 5.69 Å². The predicted molar refractivity (Wildman–Crippen MR) is 80.8 cm³/mol. The first-order valence-corrected chi connectivity index (χ1v) is 8.20. The highest BCUT2D eigenvalue weighted by Crippen LogP contribution is 2.30. The third kappa shape index (κ3) is 3.72. The molecule has 2 atom stereocenters. The van der Waals surface area contributed by atoms with Crippen LogP contribution in [0.25, 0.3) is 0 Å². The van der Waals surface area contributed by atoms with Crippen LogP contribution in [0.2, 0.25) is 0 Å². The molecule has 3 heteroatoms. The summed E-state index contributed by atoms with van der Waals surface area (Å²) < 4.78 is 6.25. The van der Waals surface area contributed by atoms with Gasteiger partial charge in [-0.3, -0.25) is 4.98 Å². The topological polar surface area (TPSA) is 34.1 Å². The molecular weight excluding hydrogens is 248 g/mol. The number of hydrogen-bond donors (Lipinski definition) is 1. The van der Waals surface area contributed by atoms with Crippen LogP contribution in [0.1, 0.15) is 57.6 Å². The minimum absolute atomic E-state index is 0.403. The predicted octanol–water partition coefficient (Wildman–Crippen LogP) is 3.68. The number of pyridine rings is 1. The zero-order chi connectivity index (χ0) is 13.8. The molecule has 0 bridgehead atoms. The summed E-state index contributed by atoms with van der Waals surface area (Å²) in [4.78, 5) is 4.43. The van der Waals surface area contributed by atoms with E-state index < -0.39 is 0 Å². The van der Waals surface area contributed by atoms with Crippen molar-refractivity contribution < 1.29 is 4.74 Å². The highest BCUT2D eigenvalue weighted by atomic mass is 16.5. The maximum atomic E-state index is 6.25. The summed E-state index contributed by atoms with van der Waals surface area (Å²) in [6.07, 6.45) is 11.3. The lowest BCUT2D eigenvalue weighted by molar-refractivity contribution is 0.0902. The molecule has 3 nitrogen and oxygen atoms in total. The van der Waals surface area contributed by atoms with Gasteiger partial charge in [-0.2, -0.15) is 0 Å². The van der Waals surface area contributed by atoms with Crippen molar-refractivity contribution in [3.05, 3.63) is 24.0 Å². The Morgan fingerprint density at radius 1 is 1.25 bits per heavy atom. The van der Waals surface area contributed by atoms with Crippen LogP contribution in [-0.2, 0) is 6.54 Å². The van der Waals surface area contributed by atoms with E-state index in [0.29, 0.717) is 6.10 Å². The lowest BCUT2D eigenvalue weighted by Crippen LogP contribution is -2.30. The van der Waals surface area contributed by atoms with Gasteiger partial charge in [0.2, 0.25) is 0 Å². The monoisotopic (exact) mass is 274 g/mol. The van der Waals surface area contributed by atoms with E-state index in [0.717, 1.165) is 29.9 Å². The quantitative estimate of drug-likeness (QED) is 0.859. The van der Waals surface area contributed by atoms with Gasteiger partial charge >= 0.3 is 0 Å². The third-order valence-electron chi connectivity index (χ3n) is 4.59. The van der Waals surface area contributed by atoms with E-state index in [9.17, 15) is 0 Å². The van der Waals surface area contributed by atoms with Crippen LogP contribution in [0.4, 0.5) is 0 Å². The molecule has 1 heterocycles. The SMILES string of the molecule is CCC1CCCCC1Oc1ccnc(CNC2CC2)c1. The van der Waals surface area contributed by atoms with Gasteiger partial charge in [0.1, 0.15) is 11.9 Å². The van der Waals surface area contributed by atoms with Crippen molar-refractivity contribution in [2.45, 2.75) is 70.6 Å². The first-order chi connectivity index (χ1) is 9.85. The average Bonchev–Trinajstić information content (AvgIpc) is 3.30. The van der Waals surface area contributed by atoms with Gasteiger partial charge in [-0.25, -0.2) is 0 Å². The second-order valence-corrected chi connectivity index (χ2v) is 6.25. The Kier molecular flexibility index (Phi) is 4.56. The molecule has 2 aliphatic rings. The molecule has 0 saturated heterocycles. The lowest BCUT2D eigenvalue weighted by atomic mass is 9.85. The highest BCUT2D eigenvalue weighted by molar-refractivity contribution is 5.23. The molecule has 0 amide bonds. The van der Waals surface area contributed by atoms with E-state index in [1.165, 1.54) is 44.9 Å². The second-order valence-electron chi connectivity index (χ2n) is 6.25. The first kappa shape index (κ1) is 13.9. The van der Waals surface area contributed by atoms with Crippen LogP contribution in [0.3, 0.4) is 0 Å². The summed E-state index contributed by atoms with van der Waals surface area (Å²) in [5, 5.41) is 3.51. The fourth-order valence-corrected chi connectivity index (χ4v) is 3.13. The molecule has 0 radical (unpaired) electrons. The van der Waals surface area contributed by atoms with Crippen molar-refractivity contribution in [3.63, 3.8) is 0 Å². The maximum Gasteiger partial charge on any atom is 0.123 e. The smallest absolute Gasteiger partial charge is 0.123 e. The van der Waals surface area contributed by atoms with E-state index in [-0.39, 0.29) is 0 Å². The molecular formula is C17H26N2O. The van der Waals surface area contributed by atoms with Gasteiger partial charge in [0.25, 0.3) is 0 Å². The minimum Gasteiger partial charge on any atom is -0.490 e. The molecule has 3 rings (SSSR count). The number of aromatic nitrogens is 1. The van der Waals surface area contributed by atoms with E-state index in [1.54, 1.807) is 0 Å². The van der Waals surface area contributed by atoms with E-state index in [1.807, 2.05) is 12.3 Å². The van der Waals surface area contributed by atoms with Gasteiger partial charge < -0.3 is 10.1 Å². The zero-order valence-electron chi connectivity index (χ0n) is 12.5. The summed E-state index contributed by atoms with van der Waals surface area (Å²) in [5.74, 6) is 1.72. The van der Waals surface area contributed by atoms with Crippen LogP contribution in [0.5, 0.6) is 5.75 Å². The number of hydrogen-bond acceptors (Lipinski definition) is 3. The molecule has 1 aromatic rings. The van der Waals surface area contributed by atoms with Crippen molar-refractivity contribution in [1.29, 1.82) is 0 Å². The maximum absolute atomic E-state index is 6.25. The van der Waals surface area contributed by atoms with Crippen molar-refractivity contribution in [2.24, 2.45) is 5.92 Å². The summed E-state index contributed by atoms with van der Waals surface area (Å²) in [5.41, 5.74) is 1.10. The Hall–Kier alpha value is -1.09. The highest BCUT2D eigenvalue weighted by Gasteiger charge is 2.25. The van der Waals surface area contributed by atoms with Gasteiger partial charge in [0.15, 0.2) is 0 Å². The zero-order valence-corrected chi connectivity index (χ0v) is 12.5. The van der Waals surface area contributed by atoms with Crippen molar-refractivity contribution in [1.82, 2.24) is 10.3 Å².